The van der Waals surface area contributed by atoms with Crippen molar-refractivity contribution in [2.24, 2.45) is 0 Å². The minimum Gasteiger partial charge on any atom is -0.480 e. The largest absolute Gasteiger partial charge is 0.480 e. The zero-order valence-electron chi connectivity index (χ0n) is 30.8. The van der Waals surface area contributed by atoms with E-state index in [2.05, 4.69) is 31.6 Å². The van der Waals surface area contributed by atoms with E-state index >= 15 is 0 Å². The number of fused-ring (bicyclic) bond motifs is 2. The number of thiophene rings is 1. The van der Waals surface area contributed by atoms with E-state index in [1.165, 1.54) is 16.0 Å². The lowest BCUT2D eigenvalue weighted by molar-refractivity contribution is -0.142. The highest BCUT2D eigenvalue weighted by Gasteiger charge is 2.32. The van der Waals surface area contributed by atoms with Crippen molar-refractivity contribution in [3.63, 3.8) is 0 Å². The standard InChI is InChI=1S/C42H45N7O6S/c50-38-16-8-7-14-32-26-49(48-47-32)27-37(42(54)55)46-39(51)34(22-19-28-10-3-1-4-11-28)44-40(52)35(45-41(53)36(43-38)25-33-15-9-23-56-33)24-29-17-20-31(21-18-29)30-12-5-2-6-13-30/h1-6,9-13,15,17-18,20-21,23,26,34-37H,7-8,14,16,19,22,24-25,27H2,(H,43,50)(H,44,52)(H,45,53)(H,46,51)(H,54,55). The first-order valence-electron chi connectivity index (χ1n) is 18.7. The lowest BCUT2D eigenvalue weighted by Crippen LogP contribution is -2.58. The first-order chi connectivity index (χ1) is 27.2. The number of nitrogens with one attached hydrogen (secondary N) is 4. The number of amides is 4. The minimum atomic E-state index is -1.38. The highest BCUT2D eigenvalue weighted by atomic mass is 32.1. The van der Waals surface area contributed by atoms with Gasteiger partial charge in [0.2, 0.25) is 23.6 Å². The number of benzene rings is 3. The Kier molecular flexibility index (Phi) is 13.7. The molecule has 14 heteroatoms. The number of hydrogen-bond donors (Lipinski definition) is 5. The van der Waals surface area contributed by atoms with Crippen LogP contribution in [0.2, 0.25) is 0 Å². The number of carboxylic acid groups (broad SMARTS) is 1. The molecule has 3 aromatic carbocycles. The summed E-state index contributed by atoms with van der Waals surface area (Å²) in [7, 11) is 0. The summed E-state index contributed by atoms with van der Waals surface area (Å²) in [6.45, 7) is -0.195. The van der Waals surface area contributed by atoms with Crippen molar-refractivity contribution >= 4 is 40.9 Å². The predicted octanol–water partition coefficient (Wildman–Crippen LogP) is 3.88. The van der Waals surface area contributed by atoms with E-state index in [1.54, 1.807) is 6.20 Å². The zero-order chi connectivity index (χ0) is 39.3. The number of carbonyl (C=O) groups excluding carboxylic acids is 4. The molecule has 0 saturated carbocycles. The molecule has 0 saturated heterocycles. The quantitative estimate of drug-likeness (QED) is 0.150. The number of rotatable bonds is 9. The van der Waals surface area contributed by atoms with Crippen molar-refractivity contribution in [2.45, 2.75) is 82.1 Å². The van der Waals surface area contributed by atoms with Gasteiger partial charge in [-0.25, -0.2) is 9.48 Å². The molecule has 2 bridgehead atoms. The van der Waals surface area contributed by atoms with E-state index in [9.17, 15) is 29.1 Å². The highest BCUT2D eigenvalue weighted by molar-refractivity contribution is 7.09. The first-order valence-corrected chi connectivity index (χ1v) is 19.6. The Morgan fingerprint density at radius 2 is 1.34 bits per heavy atom. The lowest BCUT2D eigenvalue weighted by atomic mass is 9.99. The van der Waals surface area contributed by atoms with Crippen LogP contribution in [0.15, 0.2) is 109 Å². The van der Waals surface area contributed by atoms with Gasteiger partial charge in [-0.05, 0) is 65.8 Å². The molecule has 2 aromatic heterocycles. The minimum absolute atomic E-state index is 0.0751. The monoisotopic (exact) mass is 775 g/mol. The van der Waals surface area contributed by atoms with Crippen LogP contribution in [0.4, 0.5) is 0 Å². The second kappa shape index (κ2) is 19.4. The van der Waals surface area contributed by atoms with Crippen LogP contribution in [-0.4, -0.2) is 73.9 Å². The van der Waals surface area contributed by atoms with Crippen molar-refractivity contribution < 1.29 is 29.1 Å². The van der Waals surface area contributed by atoms with Gasteiger partial charge in [-0.15, -0.1) is 16.4 Å². The van der Waals surface area contributed by atoms with Crippen molar-refractivity contribution in [1.29, 1.82) is 0 Å². The molecule has 4 atom stereocenters. The summed E-state index contributed by atoms with van der Waals surface area (Å²) in [6.07, 6.45) is 4.22. The van der Waals surface area contributed by atoms with Crippen LogP contribution < -0.4 is 21.3 Å². The van der Waals surface area contributed by atoms with Gasteiger partial charge >= 0.3 is 5.97 Å². The van der Waals surface area contributed by atoms with E-state index in [1.807, 2.05) is 102 Å². The number of aliphatic carboxylic acids is 1. The number of carboxylic acids is 1. The Balaban J connectivity index is 1.31. The Morgan fingerprint density at radius 3 is 2.04 bits per heavy atom. The number of nitrogens with zero attached hydrogens (tertiary/aromatic N) is 3. The highest BCUT2D eigenvalue weighted by Crippen LogP contribution is 2.20. The molecule has 1 aliphatic heterocycles. The molecule has 4 unspecified atom stereocenters. The van der Waals surface area contributed by atoms with Crippen molar-refractivity contribution in [2.75, 3.05) is 0 Å². The second-order valence-electron chi connectivity index (χ2n) is 13.9. The average Bonchev–Trinajstić information content (AvgIpc) is 3.90. The summed E-state index contributed by atoms with van der Waals surface area (Å²) < 4.78 is 1.36. The molecule has 0 spiro atoms. The first kappa shape index (κ1) is 39.5. The Bertz CT molecular complexity index is 2070. The van der Waals surface area contributed by atoms with Gasteiger partial charge in [0.25, 0.3) is 0 Å². The van der Waals surface area contributed by atoms with Gasteiger partial charge in [0.1, 0.15) is 24.2 Å². The number of hydrogen-bond acceptors (Lipinski definition) is 8. The third-order valence-corrected chi connectivity index (χ3v) is 10.5. The van der Waals surface area contributed by atoms with Crippen LogP contribution in [0, 0.1) is 0 Å². The molecule has 0 aliphatic carbocycles. The summed E-state index contributed by atoms with van der Waals surface area (Å²) in [5.74, 6) is -3.47. The van der Waals surface area contributed by atoms with E-state index in [-0.39, 0.29) is 38.1 Å². The average molecular weight is 776 g/mol. The van der Waals surface area contributed by atoms with Crippen LogP contribution in [0.3, 0.4) is 0 Å². The third kappa shape index (κ3) is 11.4. The Morgan fingerprint density at radius 1 is 0.696 bits per heavy atom. The fourth-order valence-corrected chi connectivity index (χ4v) is 7.31. The summed E-state index contributed by atoms with van der Waals surface area (Å²) in [6, 6.07) is 26.0. The molecule has 0 radical (unpaired) electrons. The van der Waals surface area contributed by atoms with Gasteiger partial charge < -0.3 is 26.4 Å². The summed E-state index contributed by atoms with van der Waals surface area (Å²) >= 11 is 1.46. The van der Waals surface area contributed by atoms with Crippen molar-refractivity contribution in [3.05, 3.63) is 130 Å². The maximum atomic E-state index is 14.4. The lowest BCUT2D eigenvalue weighted by Gasteiger charge is -2.26. The fourth-order valence-electron chi connectivity index (χ4n) is 6.56. The summed E-state index contributed by atoms with van der Waals surface area (Å²) in [5.41, 5.74) is 4.28. The van der Waals surface area contributed by atoms with Crippen LogP contribution in [0.1, 0.15) is 47.4 Å². The van der Waals surface area contributed by atoms with Crippen LogP contribution in [0.25, 0.3) is 11.1 Å². The van der Waals surface area contributed by atoms with E-state index in [0.29, 0.717) is 31.4 Å². The molecular formula is C42H45N7O6S. The maximum Gasteiger partial charge on any atom is 0.328 e. The molecule has 5 N–H and O–H groups in total. The van der Waals surface area contributed by atoms with Gasteiger partial charge in [-0.1, -0.05) is 96.2 Å². The van der Waals surface area contributed by atoms with Crippen molar-refractivity contribution in [1.82, 2.24) is 36.3 Å². The number of aromatic nitrogens is 3. The SMILES string of the molecule is O=C1CCCCc2cn(nn2)CC(C(=O)O)NC(=O)C(CCc2ccccc2)NC(=O)C(Cc2ccc(-c3ccccc3)cc2)NC(=O)C(Cc2cccs2)N1. The molecule has 1 aliphatic rings. The van der Waals surface area contributed by atoms with Gasteiger partial charge in [-0.2, -0.15) is 0 Å². The molecular weight excluding hydrogens is 731 g/mol. The van der Waals surface area contributed by atoms with E-state index in [4.69, 9.17) is 0 Å². The van der Waals surface area contributed by atoms with Gasteiger partial charge in [-0.3, -0.25) is 19.2 Å². The molecule has 3 heterocycles. The summed E-state index contributed by atoms with van der Waals surface area (Å²) in [5, 5.41) is 31.4. The van der Waals surface area contributed by atoms with E-state index < -0.39 is 47.9 Å². The van der Waals surface area contributed by atoms with Gasteiger partial charge in [0.15, 0.2) is 0 Å². The molecule has 6 rings (SSSR count). The van der Waals surface area contributed by atoms with Gasteiger partial charge in [0.05, 0.1) is 12.2 Å². The Hall–Kier alpha value is -6.15. The van der Waals surface area contributed by atoms with Crippen molar-refractivity contribution in [3.8, 4) is 11.1 Å². The molecule has 290 valence electrons. The molecule has 56 heavy (non-hydrogen) atoms. The van der Waals surface area contributed by atoms with Crippen LogP contribution in [-0.2, 0) is 56.2 Å². The molecule has 5 aromatic rings. The smallest absolute Gasteiger partial charge is 0.328 e. The normalized spacial score (nSPS) is 20.2. The molecule has 0 fully saturated rings. The second-order valence-corrected chi connectivity index (χ2v) is 14.9. The van der Waals surface area contributed by atoms with Gasteiger partial charge in [0, 0.05) is 30.3 Å². The zero-order valence-corrected chi connectivity index (χ0v) is 31.6. The summed E-state index contributed by atoms with van der Waals surface area (Å²) in [4.78, 5) is 68.9. The third-order valence-electron chi connectivity index (χ3n) is 9.63. The molecule has 13 nitrogen and oxygen atoms in total. The van der Waals surface area contributed by atoms with Crippen LogP contribution >= 0.6 is 11.3 Å². The molecule has 4 amide bonds. The number of aryl methyl sites for hydroxylation is 2. The van der Waals surface area contributed by atoms with E-state index in [0.717, 1.165) is 27.1 Å². The van der Waals surface area contributed by atoms with Crippen LogP contribution in [0.5, 0.6) is 0 Å². The topological polar surface area (TPSA) is 184 Å². The predicted molar refractivity (Wildman–Crippen MR) is 211 cm³/mol. The fraction of sp³-hybridized carbons (Fsp3) is 0.310. The Labute approximate surface area is 328 Å². The maximum absolute atomic E-state index is 14.4. The number of carbonyl (C=O) groups is 5.